The van der Waals surface area contributed by atoms with Crippen LogP contribution in [0.5, 0.6) is 0 Å². The van der Waals surface area contributed by atoms with Crippen molar-refractivity contribution in [1.29, 1.82) is 0 Å². The topological polar surface area (TPSA) is 93.5 Å². The minimum Gasteiger partial charge on any atom is -0.374 e. The van der Waals surface area contributed by atoms with Crippen molar-refractivity contribution in [2.75, 3.05) is 11.3 Å². The predicted molar refractivity (Wildman–Crippen MR) is 122 cm³/mol. The van der Waals surface area contributed by atoms with Crippen LogP contribution in [0.1, 0.15) is 25.3 Å². The molecule has 1 heterocycles. The number of sulfonamides is 1. The van der Waals surface area contributed by atoms with Crippen LogP contribution in [-0.2, 0) is 14.8 Å². The summed E-state index contributed by atoms with van der Waals surface area (Å²) in [5.74, 6) is 0.344. The Hall–Kier alpha value is -3.10. The molecular formula is C23H24N4O3S. The second-order valence-electron chi connectivity index (χ2n) is 7.30. The summed E-state index contributed by atoms with van der Waals surface area (Å²) in [5.41, 5.74) is 3.01. The first-order chi connectivity index (χ1) is 14.9. The number of allylic oxidation sites excluding steroid dienone is 1. The van der Waals surface area contributed by atoms with Crippen molar-refractivity contribution in [2.45, 2.75) is 37.7 Å². The molecular weight excluding hydrogens is 412 g/mol. The van der Waals surface area contributed by atoms with E-state index in [9.17, 15) is 8.42 Å². The first-order valence-electron chi connectivity index (χ1n) is 10.2. The van der Waals surface area contributed by atoms with E-state index >= 15 is 0 Å². The summed E-state index contributed by atoms with van der Waals surface area (Å²) in [6.45, 7) is 4.53. The molecule has 1 aliphatic rings. The summed E-state index contributed by atoms with van der Waals surface area (Å²) < 4.78 is 34.1. The zero-order valence-electron chi connectivity index (χ0n) is 17.4. The minimum atomic E-state index is -3.84. The Kier molecular flexibility index (Phi) is 6.11. The number of nitrogens with one attached hydrogen (secondary N) is 1. The highest BCUT2D eigenvalue weighted by Gasteiger charge is 2.20. The van der Waals surface area contributed by atoms with Gasteiger partial charge in [0.15, 0.2) is 11.6 Å². The number of para-hydroxylation sites is 2. The average Bonchev–Trinajstić information content (AvgIpc) is 2.76. The van der Waals surface area contributed by atoms with Gasteiger partial charge in [-0.3, -0.25) is 4.72 Å². The summed E-state index contributed by atoms with van der Waals surface area (Å²) in [6, 6.07) is 13.9. The lowest BCUT2D eigenvalue weighted by molar-refractivity contribution is 0.0907. The van der Waals surface area contributed by atoms with Crippen molar-refractivity contribution in [2.24, 2.45) is 4.99 Å². The average molecular weight is 437 g/mol. The van der Waals surface area contributed by atoms with Crippen LogP contribution in [0.25, 0.3) is 11.0 Å². The zero-order chi connectivity index (χ0) is 21.8. The van der Waals surface area contributed by atoms with E-state index in [2.05, 4.69) is 19.7 Å². The fourth-order valence-electron chi connectivity index (χ4n) is 3.31. The van der Waals surface area contributed by atoms with Gasteiger partial charge in [0.1, 0.15) is 0 Å². The van der Waals surface area contributed by atoms with Gasteiger partial charge in [0, 0.05) is 12.3 Å². The van der Waals surface area contributed by atoms with E-state index in [4.69, 9.17) is 4.74 Å². The molecule has 1 unspecified atom stereocenters. The van der Waals surface area contributed by atoms with E-state index in [0.29, 0.717) is 24.1 Å². The van der Waals surface area contributed by atoms with Gasteiger partial charge in [-0.2, -0.15) is 0 Å². The normalized spacial score (nSPS) is 17.9. The van der Waals surface area contributed by atoms with Gasteiger partial charge in [-0.15, -0.1) is 0 Å². The molecule has 0 saturated carbocycles. The number of aliphatic imine (C=N–C) groups is 1. The molecule has 1 aliphatic carbocycles. The molecule has 0 fully saturated rings. The number of benzene rings is 2. The second-order valence-corrected chi connectivity index (χ2v) is 8.98. The van der Waals surface area contributed by atoms with Crippen molar-refractivity contribution < 1.29 is 13.2 Å². The molecule has 0 spiro atoms. The smallest absolute Gasteiger partial charge is 0.263 e. The number of fused-ring (bicyclic) bond motifs is 1. The van der Waals surface area contributed by atoms with Crippen LogP contribution in [0, 0.1) is 6.92 Å². The van der Waals surface area contributed by atoms with Gasteiger partial charge in [0.2, 0.25) is 0 Å². The molecule has 1 N–H and O–H groups in total. The number of ether oxygens (including phenoxy) is 1. The van der Waals surface area contributed by atoms with Crippen LogP contribution in [0.15, 0.2) is 70.6 Å². The van der Waals surface area contributed by atoms with E-state index in [-0.39, 0.29) is 22.6 Å². The SMILES string of the molecule is CCOC1C=CC(=Nc2nc3ccccc3nc2NS(=O)(=O)c2ccc(C)cc2)CC1. The third-order valence-electron chi connectivity index (χ3n) is 4.93. The Morgan fingerprint density at radius 2 is 1.81 bits per heavy atom. The predicted octanol–water partition coefficient (Wildman–Crippen LogP) is 4.57. The number of aryl methyl sites for hydroxylation is 1. The third-order valence-corrected chi connectivity index (χ3v) is 6.29. The number of nitrogens with zero attached hydrogens (tertiary/aromatic N) is 3. The maximum Gasteiger partial charge on any atom is 0.263 e. The molecule has 0 aliphatic heterocycles. The zero-order valence-corrected chi connectivity index (χ0v) is 18.3. The Balaban J connectivity index is 1.73. The summed E-state index contributed by atoms with van der Waals surface area (Å²) >= 11 is 0. The van der Waals surface area contributed by atoms with E-state index in [1.807, 2.05) is 44.2 Å². The maximum atomic E-state index is 13.0. The van der Waals surface area contributed by atoms with Crippen LogP contribution < -0.4 is 4.72 Å². The van der Waals surface area contributed by atoms with Crippen LogP contribution in [0.2, 0.25) is 0 Å². The summed E-state index contributed by atoms with van der Waals surface area (Å²) in [5, 5.41) is 0. The van der Waals surface area contributed by atoms with E-state index in [0.717, 1.165) is 17.7 Å². The third kappa shape index (κ3) is 4.98. The number of aromatic nitrogens is 2. The van der Waals surface area contributed by atoms with Gasteiger partial charge >= 0.3 is 0 Å². The largest absolute Gasteiger partial charge is 0.374 e. The summed E-state index contributed by atoms with van der Waals surface area (Å²) in [7, 11) is -3.84. The van der Waals surface area contributed by atoms with Gasteiger partial charge in [-0.1, -0.05) is 35.9 Å². The lowest BCUT2D eigenvalue weighted by Gasteiger charge is -2.17. The van der Waals surface area contributed by atoms with E-state index in [1.54, 1.807) is 30.3 Å². The van der Waals surface area contributed by atoms with Gasteiger partial charge < -0.3 is 4.74 Å². The molecule has 0 radical (unpaired) electrons. The molecule has 1 atom stereocenters. The molecule has 160 valence electrons. The van der Waals surface area contributed by atoms with Crippen LogP contribution in [0.4, 0.5) is 11.6 Å². The molecule has 0 saturated heterocycles. The monoisotopic (exact) mass is 436 g/mol. The van der Waals surface area contributed by atoms with Crippen molar-refractivity contribution in [3.8, 4) is 0 Å². The lowest BCUT2D eigenvalue weighted by atomic mass is 10.0. The van der Waals surface area contributed by atoms with Gasteiger partial charge in [0.25, 0.3) is 10.0 Å². The molecule has 8 heteroatoms. The highest BCUT2D eigenvalue weighted by molar-refractivity contribution is 7.92. The summed E-state index contributed by atoms with van der Waals surface area (Å²) in [4.78, 5) is 13.9. The van der Waals surface area contributed by atoms with Gasteiger partial charge in [0.05, 0.1) is 22.0 Å². The highest BCUT2D eigenvalue weighted by atomic mass is 32.2. The highest BCUT2D eigenvalue weighted by Crippen LogP contribution is 2.28. The van der Waals surface area contributed by atoms with E-state index in [1.165, 1.54) is 0 Å². The molecule has 4 rings (SSSR count). The first kappa shape index (κ1) is 21.1. The van der Waals surface area contributed by atoms with Crippen LogP contribution in [-0.4, -0.2) is 36.8 Å². The van der Waals surface area contributed by atoms with Crippen molar-refractivity contribution in [1.82, 2.24) is 9.97 Å². The second kappa shape index (κ2) is 8.95. The van der Waals surface area contributed by atoms with Crippen molar-refractivity contribution >= 4 is 38.4 Å². The quantitative estimate of drug-likeness (QED) is 0.611. The van der Waals surface area contributed by atoms with Gasteiger partial charge in [-0.25, -0.2) is 23.4 Å². The molecule has 0 bridgehead atoms. The van der Waals surface area contributed by atoms with E-state index < -0.39 is 10.0 Å². The molecule has 7 nitrogen and oxygen atoms in total. The number of anilines is 1. The minimum absolute atomic E-state index is 0.0751. The fraction of sp³-hybridized carbons (Fsp3) is 0.261. The van der Waals surface area contributed by atoms with Crippen molar-refractivity contribution in [3.63, 3.8) is 0 Å². The van der Waals surface area contributed by atoms with Crippen LogP contribution >= 0.6 is 0 Å². The van der Waals surface area contributed by atoms with Crippen molar-refractivity contribution in [3.05, 3.63) is 66.2 Å². The maximum absolute atomic E-state index is 13.0. The fourth-order valence-corrected chi connectivity index (χ4v) is 4.31. The molecule has 3 aromatic rings. The standard InChI is InChI=1S/C23H24N4O3S/c1-3-30-18-12-10-17(11-13-18)24-22-23(26-21-7-5-4-6-20(21)25-22)27-31(28,29)19-14-8-16(2)9-15-19/h4-10,12,14-15,18H,3,11,13H2,1-2H3,(H,26,27). The number of hydrogen-bond acceptors (Lipinski definition) is 6. The molecule has 2 aromatic carbocycles. The number of rotatable bonds is 6. The first-order valence-corrected chi connectivity index (χ1v) is 11.7. The number of hydrogen-bond donors (Lipinski definition) is 1. The Morgan fingerprint density at radius 3 is 2.45 bits per heavy atom. The Labute approximate surface area is 182 Å². The molecule has 0 amide bonds. The molecule has 1 aromatic heterocycles. The lowest BCUT2D eigenvalue weighted by Crippen LogP contribution is -2.17. The molecule has 31 heavy (non-hydrogen) atoms. The summed E-state index contributed by atoms with van der Waals surface area (Å²) in [6.07, 6.45) is 5.47. The Morgan fingerprint density at radius 1 is 1.10 bits per heavy atom. The Bertz CT molecular complexity index is 1250. The van der Waals surface area contributed by atoms with Gasteiger partial charge in [-0.05, 0) is 57.0 Å². The van der Waals surface area contributed by atoms with Crippen LogP contribution in [0.3, 0.4) is 0 Å².